The molecule has 4 aromatic rings. The predicted octanol–water partition coefficient (Wildman–Crippen LogP) is 2.38. The number of rotatable bonds is 11. The maximum atomic E-state index is 12.8. The van der Waals surface area contributed by atoms with Crippen LogP contribution < -0.4 is 30.8 Å². The summed E-state index contributed by atoms with van der Waals surface area (Å²) in [5, 5.41) is 11.8. The van der Waals surface area contributed by atoms with Crippen LogP contribution in [0.5, 0.6) is 17.2 Å². The molecule has 198 valence electrons. The third kappa shape index (κ3) is 6.42. The molecule has 3 N–H and O–H groups in total. The quantitative estimate of drug-likeness (QED) is 0.244. The van der Waals surface area contributed by atoms with E-state index >= 15 is 0 Å². The van der Waals surface area contributed by atoms with Crippen LogP contribution in [-0.2, 0) is 11.2 Å². The summed E-state index contributed by atoms with van der Waals surface area (Å²) in [7, 11) is 3.06. The van der Waals surface area contributed by atoms with Gasteiger partial charge in [0.25, 0.3) is 5.56 Å². The fraction of sp³-hybridized carbons (Fsp3) is 0.240. The average Bonchev–Trinajstić information content (AvgIpc) is 3.29. The van der Waals surface area contributed by atoms with Crippen molar-refractivity contribution in [2.45, 2.75) is 18.5 Å². The number of nitrogens with zero attached hydrogens (tertiary/aromatic N) is 3. The molecule has 2 heterocycles. The van der Waals surface area contributed by atoms with Crippen molar-refractivity contribution in [3.8, 4) is 22.9 Å². The zero-order valence-corrected chi connectivity index (χ0v) is 21.8. The van der Waals surface area contributed by atoms with Crippen molar-refractivity contribution in [2.24, 2.45) is 0 Å². The van der Waals surface area contributed by atoms with Crippen molar-refractivity contribution >= 4 is 23.4 Å². The SMILES string of the molecule is CCOc1ccc(-n2c(Cc3cc(=O)[nH]c(=O)[nH]3)nnc2SCC(=O)Nc2ccc(OC)cc2OC)cc1. The van der Waals surface area contributed by atoms with Crippen molar-refractivity contribution in [3.63, 3.8) is 0 Å². The Labute approximate surface area is 221 Å². The highest BCUT2D eigenvalue weighted by Crippen LogP contribution is 2.30. The molecule has 2 aromatic heterocycles. The topological polar surface area (TPSA) is 153 Å². The number of aromatic nitrogens is 5. The minimum Gasteiger partial charge on any atom is -0.497 e. The maximum Gasteiger partial charge on any atom is 0.325 e. The molecule has 0 unspecified atom stereocenters. The van der Waals surface area contributed by atoms with E-state index in [0.29, 0.717) is 46.2 Å². The first-order chi connectivity index (χ1) is 18.4. The summed E-state index contributed by atoms with van der Waals surface area (Å²) in [5.74, 6) is 2.00. The Kier molecular flexibility index (Phi) is 8.48. The zero-order valence-electron chi connectivity index (χ0n) is 20.9. The lowest BCUT2D eigenvalue weighted by Gasteiger charge is -2.13. The fourth-order valence-electron chi connectivity index (χ4n) is 3.63. The summed E-state index contributed by atoms with van der Waals surface area (Å²) in [6.45, 7) is 2.43. The van der Waals surface area contributed by atoms with Gasteiger partial charge in [-0.25, -0.2) is 4.79 Å². The number of carbonyl (C=O) groups excluding carboxylic acids is 1. The zero-order chi connectivity index (χ0) is 27.1. The molecule has 0 aliphatic heterocycles. The van der Waals surface area contributed by atoms with E-state index in [1.807, 2.05) is 31.2 Å². The number of thioether (sulfide) groups is 1. The molecule has 0 aliphatic rings. The van der Waals surface area contributed by atoms with Gasteiger partial charge >= 0.3 is 5.69 Å². The van der Waals surface area contributed by atoms with Gasteiger partial charge < -0.3 is 24.5 Å². The van der Waals surface area contributed by atoms with E-state index in [9.17, 15) is 14.4 Å². The third-order valence-electron chi connectivity index (χ3n) is 5.29. The Bertz CT molecular complexity index is 1500. The van der Waals surface area contributed by atoms with Gasteiger partial charge in [0.1, 0.15) is 23.1 Å². The van der Waals surface area contributed by atoms with E-state index < -0.39 is 11.2 Å². The van der Waals surface area contributed by atoms with Gasteiger partial charge in [-0.1, -0.05) is 11.8 Å². The molecule has 0 atom stereocenters. The third-order valence-corrected chi connectivity index (χ3v) is 6.22. The van der Waals surface area contributed by atoms with Crippen LogP contribution in [0.15, 0.2) is 63.3 Å². The molecule has 12 nitrogen and oxygen atoms in total. The summed E-state index contributed by atoms with van der Waals surface area (Å²) >= 11 is 1.18. The molecular formula is C25H26N6O6S. The largest absolute Gasteiger partial charge is 0.497 e. The van der Waals surface area contributed by atoms with Crippen LogP contribution in [0.2, 0.25) is 0 Å². The smallest absolute Gasteiger partial charge is 0.325 e. The fourth-order valence-corrected chi connectivity index (χ4v) is 4.40. The summed E-state index contributed by atoms with van der Waals surface area (Å²) in [6, 6.07) is 13.7. The van der Waals surface area contributed by atoms with Crippen LogP contribution in [-0.4, -0.2) is 57.2 Å². The van der Waals surface area contributed by atoms with Crippen LogP contribution in [0.1, 0.15) is 18.4 Å². The molecule has 0 spiro atoms. The van der Waals surface area contributed by atoms with E-state index in [2.05, 4.69) is 25.5 Å². The van der Waals surface area contributed by atoms with Crippen LogP contribution in [0.25, 0.3) is 5.69 Å². The van der Waals surface area contributed by atoms with Crippen LogP contribution in [0, 0.1) is 0 Å². The van der Waals surface area contributed by atoms with Crippen LogP contribution >= 0.6 is 11.8 Å². The lowest BCUT2D eigenvalue weighted by Crippen LogP contribution is -2.23. The van der Waals surface area contributed by atoms with Gasteiger partial charge in [-0.15, -0.1) is 10.2 Å². The summed E-state index contributed by atoms with van der Waals surface area (Å²) in [4.78, 5) is 41.0. The minimum absolute atomic E-state index is 0.0339. The van der Waals surface area contributed by atoms with Gasteiger partial charge in [-0.2, -0.15) is 0 Å². The highest BCUT2D eigenvalue weighted by molar-refractivity contribution is 7.99. The van der Waals surface area contributed by atoms with Gasteiger partial charge in [-0.3, -0.25) is 19.1 Å². The number of hydrogen-bond donors (Lipinski definition) is 3. The summed E-state index contributed by atoms with van der Waals surface area (Å²) in [5.41, 5.74) is 0.474. The molecule has 4 rings (SSSR count). The lowest BCUT2D eigenvalue weighted by molar-refractivity contribution is -0.113. The molecule has 2 aromatic carbocycles. The van der Waals surface area contributed by atoms with E-state index in [-0.39, 0.29) is 18.1 Å². The Morgan fingerprint density at radius 2 is 1.76 bits per heavy atom. The molecule has 0 radical (unpaired) electrons. The Hall–Kier alpha value is -4.52. The minimum atomic E-state index is -0.611. The van der Waals surface area contributed by atoms with Gasteiger partial charge in [0, 0.05) is 29.9 Å². The predicted molar refractivity (Wildman–Crippen MR) is 142 cm³/mol. The number of nitrogens with one attached hydrogen (secondary N) is 3. The van der Waals surface area contributed by atoms with Gasteiger partial charge in [-0.05, 0) is 43.3 Å². The van der Waals surface area contributed by atoms with E-state index in [1.165, 1.54) is 24.9 Å². The highest BCUT2D eigenvalue weighted by Gasteiger charge is 2.18. The number of ether oxygens (including phenoxy) is 3. The number of aromatic amines is 2. The molecule has 0 aliphatic carbocycles. The molecule has 0 bridgehead atoms. The Balaban J connectivity index is 1.58. The Morgan fingerprint density at radius 3 is 2.45 bits per heavy atom. The van der Waals surface area contributed by atoms with Gasteiger partial charge in [0.05, 0.1) is 32.3 Å². The monoisotopic (exact) mass is 538 g/mol. The molecule has 0 fully saturated rings. The molecule has 0 saturated heterocycles. The first kappa shape index (κ1) is 26.5. The lowest BCUT2D eigenvalue weighted by atomic mass is 10.2. The van der Waals surface area contributed by atoms with E-state index in [4.69, 9.17) is 14.2 Å². The number of anilines is 1. The second-order valence-electron chi connectivity index (χ2n) is 7.85. The van der Waals surface area contributed by atoms with E-state index in [1.54, 1.807) is 29.9 Å². The van der Waals surface area contributed by atoms with Crippen molar-refractivity contribution in [1.29, 1.82) is 0 Å². The molecule has 38 heavy (non-hydrogen) atoms. The summed E-state index contributed by atoms with van der Waals surface area (Å²) < 4.78 is 17.8. The van der Waals surface area contributed by atoms with Crippen LogP contribution in [0.4, 0.5) is 5.69 Å². The highest BCUT2D eigenvalue weighted by atomic mass is 32.2. The number of benzene rings is 2. The first-order valence-corrected chi connectivity index (χ1v) is 12.5. The molecule has 0 saturated carbocycles. The second kappa shape index (κ2) is 12.1. The number of H-pyrrole nitrogens is 2. The summed E-state index contributed by atoms with van der Waals surface area (Å²) in [6.07, 6.45) is 0.134. The first-order valence-electron chi connectivity index (χ1n) is 11.5. The maximum absolute atomic E-state index is 12.8. The second-order valence-corrected chi connectivity index (χ2v) is 8.80. The standard InChI is InChI=1S/C25H26N6O6S/c1-4-37-17-7-5-16(6-8-17)31-21(11-15-12-22(32)28-24(34)26-15)29-30-25(31)38-14-23(33)27-19-10-9-18(35-2)13-20(19)36-3/h5-10,12-13H,4,11,14H2,1-3H3,(H,27,33)(H2,26,28,32,34). The van der Waals surface area contributed by atoms with Crippen LogP contribution in [0.3, 0.4) is 0 Å². The molecule has 13 heteroatoms. The number of methoxy groups -OCH3 is 2. The average molecular weight is 539 g/mol. The van der Waals surface area contributed by atoms with E-state index in [0.717, 1.165) is 5.69 Å². The number of amides is 1. The molecule has 1 amide bonds. The Morgan fingerprint density at radius 1 is 1.00 bits per heavy atom. The van der Waals surface area contributed by atoms with Gasteiger partial charge in [0.15, 0.2) is 5.16 Å². The normalized spacial score (nSPS) is 10.7. The number of hydrogen-bond acceptors (Lipinski definition) is 9. The number of carbonyl (C=O) groups is 1. The molecular weight excluding hydrogens is 512 g/mol. The van der Waals surface area contributed by atoms with Crippen molar-refractivity contribution in [2.75, 3.05) is 31.9 Å². The van der Waals surface area contributed by atoms with Gasteiger partial charge in [0.2, 0.25) is 5.91 Å². The van der Waals surface area contributed by atoms with Crippen molar-refractivity contribution in [3.05, 3.63) is 80.9 Å². The van der Waals surface area contributed by atoms with Crippen molar-refractivity contribution in [1.82, 2.24) is 24.7 Å². The van der Waals surface area contributed by atoms with Crippen molar-refractivity contribution < 1.29 is 19.0 Å².